The molecule has 0 aliphatic carbocycles. The average Bonchev–Trinajstić information content (AvgIpc) is 2.73. The summed E-state index contributed by atoms with van der Waals surface area (Å²) in [7, 11) is 0. The second-order valence-electron chi connectivity index (χ2n) is 6.69. The fraction of sp³-hybridized carbons (Fsp3) is 0.318. The molecular formula is C22H26BrN3O3S. The van der Waals surface area contributed by atoms with E-state index in [1.165, 1.54) is 0 Å². The van der Waals surface area contributed by atoms with Crippen molar-refractivity contribution in [3.63, 3.8) is 0 Å². The number of carbonyl (C=O) groups is 2. The number of nitrogens with two attached hydrogens (primary N) is 1. The number of amides is 2. The van der Waals surface area contributed by atoms with Crippen LogP contribution in [-0.2, 0) is 11.2 Å². The second-order valence-corrected chi connectivity index (χ2v) is 7.93. The molecule has 0 radical (unpaired) electrons. The summed E-state index contributed by atoms with van der Waals surface area (Å²) in [5.41, 5.74) is 6.88. The molecule has 0 atom stereocenters. The van der Waals surface area contributed by atoms with Gasteiger partial charge < -0.3 is 15.4 Å². The number of thiocarbonyl (C=S) groups is 1. The minimum atomic E-state index is -0.416. The number of hydrogen-bond donors (Lipinski definition) is 2. The molecule has 0 unspecified atom stereocenters. The van der Waals surface area contributed by atoms with Crippen molar-refractivity contribution in [2.75, 3.05) is 19.7 Å². The zero-order chi connectivity index (χ0) is 21.9. The number of carbonyl (C=O) groups excluding carboxylic acids is 2. The van der Waals surface area contributed by atoms with E-state index in [0.29, 0.717) is 35.5 Å². The number of ether oxygens (including phenoxy) is 1. The molecule has 0 saturated heterocycles. The Morgan fingerprint density at radius 2 is 1.90 bits per heavy atom. The quantitative estimate of drug-likeness (QED) is 0.495. The molecule has 8 heteroatoms. The van der Waals surface area contributed by atoms with E-state index in [1.54, 1.807) is 23.1 Å². The Morgan fingerprint density at radius 3 is 2.53 bits per heavy atom. The molecule has 2 amide bonds. The monoisotopic (exact) mass is 491 g/mol. The fourth-order valence-corrected chi connectivity index (χ4v) is 3.46. The van der Waals surface area contributed by atoms with Crippen molar-refractivity contribution in [2.45, 2.75) is 26.2 Å². The Morgan fingerprint density at radius 1 is 1.17 bits per heavy atom. The summed E-state index contributed by atoms with van der Waals surface area (Å²) >= 11 is 8.87. The summed E-state index contributed by atoms with van der Waals surface area (Å²) in [5, 5.41) is 3.01. The number of halogens is 1. The van der Waals surface area contributed by atoms with Gasteiger partial charge in [-0.15, -0.1) is 0 Å². The van der Waals surface area contributed by atoms with Crippen molar-refractivity contribution in [2.24, 2.45) is 5.73 Å². The molecule has 0 heterocycles. The Bertz CT molecular complexity index is 877. The van der Waals surface area contributed by atoms with Gasteiger partial charge in [0.05, 0.1) is 11.1 Å². The standard InChI is InChI=1S/C22H26BrN3O3S/c1-2-14-29-19-9-8-17(15-18(19)23)21(28)25-22(30)26(13-11-20(24)27)12-10-16-6-4-3-5-7-16/h3-9,15H,2,10-14H2,1H3,(H2,24,27)(H,25,28,30). The Labute approximate surface area is 190 Å². The molecule has 30 heavy (non-hydrogen) atoms. The van der Waals surface area contributed by atoms with E-state index in [-0.39, 0.29) is 17.4 Å². The van der Waals surface area contributed by atoms with Crippen LogP contribution in [-0.4, -0.2) is 41.5 Å². The molecule has 0 aromatic heterocycles. The van der Waals surface area contributed by atoms with E-state index in [2.05, 4.69) is 21.2 Å². The Balaban J connectivity index is 2.02. The van der Waals surface area contributed by atoms with Crippen LogP contribution in [0.4, 0.5) is 0 Å². The first-order valence-electron chi connectivity index (χ1n) is 9.75. The molecule has 0 bridgehead atoms. The van der Waals surface area contributed by atoms with Gasteiger partial charge in [0.1, 0.15) is 5.75 Å². The topological polar surface area (TPSA) is 84.7 Å². The van der Waals surface area contributed by atoms with Gasteiger partial charge in [-0.1, -0.05) is 37.3 Å². The normalized spacial score (nSPS) is 10.3. The van der Waals surface area contributed by atoms with E-state index in [1.807, 2.05) is 37.3 Å². The van der Waals surface area contributed by atoms with Gasteiger partial charge in [-0.05, 0) is 64.8 Å². The predicted octanol–water partition coefficient (Wildman–Crippen LogP) is 3.67. The lowest BCUT2D eigenvalue weighted by Gasteiger charge is -2.25. The number of hydrogen-bond acceptors (Lipinski definition) is 4. The van der Waals surface area contributed by atoms with Crippen molar-refractivity contribution >= 4 is 45.1 Å². The van der Waals surface area contributed by atoms with Crippen LogP contribution in [0.15, 0.2) is 53.0 Å². The van der Waals surface area contributed by atoms with Crippen LogP contribution in [0.1, 0.15) is 35.7 Å². The van der Waals surface area contributed by atoms with Gasteiger partial charge in [0.15, 0.2) is 5.11 Å². The van der Waals surface area contributed by atoms with E-state index >= 15 is 0 Å². The van der Waals surface area contributed by atoms with Crippen molar-refractivity contribution in [1.29, 1.82) is 0 Å². The zero-order valence-corrected chi connectivity index (χ0v) is 19.3. The van der Waals surface area contributed by atoms with Gasteiger partial charge in [-0.2, -0.15) is 0 Å². The van der Waals surface area contributed by atoms with Crippen molar-refractivity contribution in [1.82, 2.24) is 10.2 Å². The highest BCUT2D eigenvalue weighted by atomic mass is 79.9. The minimum Gasteiger partial charge on any atom is -0.492 e. The third-order valence-electron chi connectivity index (χ3n) is 4.30. The number of nitrogens with zero attached hydrogens (tertiary/aromatic N) is 1. The first-order chi connectivity index (χ1) is 14.4. The van der Waals surface area contributed by atoms with Crippen molar-refractivity contribution in [3.8, 4) is 5.75 Å². The van der Waals surface area contributed by atoms with Crippen LogP contribution in [0.25, 0.3) is 0 Å². The minimum absolute atomic E-state index is 0.153. The second kappa shape index (κ2) is 12.3. The van der Waals surface area contributed by atoms with Crippen LogP contribution in [0.2, 0.25) is 0 Å². The maximum atomic E-state index is 12.7. The Hall–Kier alpha value is -2.45. The number of nitrogens with one attached hydrogen (secondary N) is 1. The van der Waals surface area contributed by atoms with Crippen LogP contribution in [0.5, 0.6) is 5.75 Å². The number of rotatable bonds is 10. The first-order valence-corrected chi connectivity index (χ1v) is 11.0. The molecule has 2 rings (SSSR count). The molecule has 3 N–H and O–H groups in total. The SMILES string of the molecule is CCCOc1ccc(C(=O)NC(=S)N(CCC(N)=O)CCc2ccccc2)cc1Br. The summed E-state index contributed by atoms with van der Waals surface area (Å²) in [6, 6.07) is 15.1. The average molecular weight is 492 g/mol. The number of primary amides is 1. The molecule has 0 fully saturated rings. The largest absolute Gasteiger partial charge is 0.492 e. The summed E-state index contributed by atoms with van der Waals surface area (Å²) in [6.45, 7) is 3.53. The third kappa shape index (κ3) is 7.76. The van der Waals surface area contributed by atoms with E-state index in [9.17, 15) is 9.59 Å². The third-order valence-corrected chi connectivity index (χ3v) is 5.28. The molecule has 0 saturated carbocycles. The summed E-state index contributed by atoms with van der Waals surface area (Å²) in [6.07, 6.45) is 1.78. The molecule has 0 aliphatic heterocycles. The van der Waals surface area contributed by atoms with E-state index < -0.39 is 5.91 Å². The van der Waals surface area contributed by atoms with Crippen molar-refractivity contribution in [3.05, 3.63) is 64.1 Å². The van der Waals surface area contributed by atoms with Crippen molar-refractivity contribution < 1.29 is 14.3 Å². The highest BCUT2D eigenvalue weighted by Gasteiger charge is 2.16. The van der Waals surface area contributed by atoms with Gasteiger partial charge in [0.2, 0.25) is 5.91 Å². The lowest BCUT2D eigenvalue weighted by Crippen LogP contribution is -2.44. The highest BCUT2D eigenvalue weighted by molar-refractivity contribution is 9.10. The van der Waals surface area contributed by atoms with E-state index in [0.717, 1.165) is 18.4 Å². The maximum Gasteiger partial charge on any atom is 0.257 e. The van der Waals surface area contributed by atoms with E-state index in [4.69, 9.17) is 22.7 Å². The van der Waals surface area contributed by atoms with Crippen LogP contribution in [0.3, 0.4) is 0 Å². The summed E-state index contributed by atoms with van der Waals surface area (Å²) < 4.78 is 6.31. The first kappa shape index (κ1) is 23.8. The molecule has 6 nitrogen and oxygen atoms in total. The lowest BCUT2D eigenvalue weighted by atomic mass is 10.1. The fourth-order valence-electron chi connectivity index (χ4n) is 2.69. The number of benzene rings is 2. The Kier molecular flexibility index (Phi) is 9.76. The molecule has 160 valence electrons. The van der Waals surface area contributed by atoms with Gasteiger partial charge in [0.25, 0.3) is 5.91 Å². The van der Waals surface area contributed by atoms with Crippen LogP contribution in [0, 0.1) is 0 Å². The molecule has 2 aromatic carbocycles. The van der Waals surface area contributed by atoms with Crippen LogP contribution >= 0.6 is 28.1 Å². The zero-order valence-electron chi connectivity index (χ0n) is 16.9. The summed E-state index contributed by atoms with van der Waals surface area (Å²) in [5.74, 6) is -0.0612. The predicted molar refractivity (Wildman–Crippen MR) is 126 cm³/mol. The smallest absolute Gasteiger partial charge is 0.257 e. The van der Waals surface area contributed by atoms with Crippen LogP contribution < -0.4 is 15.8 Å². The van der Waals surface area contributed by atoms with Gasteiger partial charge >= 0.3 is 0 Å². The molecular weight excluding hydrogens is 466 g/mol. The van der Waals surface area contributed by atoms with Gasteiger partial charge in [-0.3, -0.25) is 14.9 Å². The van der Waals surface area contributed by atoms with Gasteiger partial charge in [0, 0.05) is 25.1 Å². The lowest BCUT2D eigenvalue weighted by molar-refractivity contribution is -0.118. The molecule has 2 aromatic rings. The van der Waals surface area contributed by atoms with Gasteiger partial charge in [-0.25, -0.2) is 0 Å². The molecule has 0 spiro atoms. The molecule has 0 aliphatic rings. The summed E-state index contributed by atoms with van der Waals surface area (Å²) in [4.78, 5) is 25.7. The maximum absolute atomic E-state index is 12.7. The highest BCUT2D eigenvalue weighted by Crippen LogP contribution is 2.26.